The van der Waals surface area contributed by atoms with Crippen molar-refractivity contribution in [1.29, 1.82) is 0 Å². The summed E-state index contributed by atoms with van der Waals surface area (Å²) in [7, 11) is 0. The van der Waals surface area contributed by atoms with Gasteiger partial charge < -0.3 is 29.6 Å². The molecule has 0 aliphatic carbocycles. The van der Waals surface area contributed by atoms with Gasteiger partial charge in [0.05, 0.1) is 24.6 Å². The number of halogens is 2. The fourth-order valence-corrected chi connectivity index (χ4v) is 4.73. The zero-order valence-corrected chi connectivity index (χ0v) is 21.8. The van der Waals surface area contributed by atoms with Gasteiger partial charge in [-0.05, 0) is 52.0 Å². The Hall–Kier alpha value is -3.17. The van der Waals surface area contributed by atoms with Crippen LogP contribution in [0.15, 0.2) is 24.3 Å². The van der Waals surface area contributed by atoms with E-state index in [4.69, 9.17) is 42.1 Å². The third-order valence-corrected chi connectivity index (χ3v) is 6.51. The summed E-state index contributed by atoms with van der Waals surface area (Å²) < 4.78 is 22.2. The number of hydrogen-bond acceptors (Lipinski definition) is 7. The van der Waals surface area contributed by atoms with Gasteiger partial charge in [0.15, 0.2) is 0 Å². The molecule has 9 nitrogen and oxygen atoms in total. The molecule has 2 heterocycles. The summed E-state index contributed by atoms with van der Waals surface area (Å²) in [6.07, 6.45) is 0.433. The van der Waals surface area contributed by atoms with Gasteiger partial charge in [-0.1, -0.05) is 23.2 Å². The van der Waals surface area contributed by atoms with Gasteiger partial charge in [0.2, 0.25) is 11.2 Å². The van der Waals surface area contributed by atoms with Crippen LogP contribution in [0.2, 0.25) is 10.0 Å². The molecule has 0 radical (unpaired) electrons. The molecule has 4 rings (SSSR count). The van der Waals surface area contributed by atoms with Crippen molar-refractivity contribution in [2.24, 2.45) is 0 Å². The summed E-state index contributed by atoms with van der Waals surface area (Å²) in [4.78, 5) is 37.9. The molecular weight excluding hydrogens is 511 g/mol. The lowest BCUT2D eigenvalue weighted by atomic mass is 9.99. The van der Waals surface area contributed by atoms with Crippen LogP contribution in [0.1, 0.15) is 38.8 Å². The van der Waals surface area contributed by atoms with Crippen molar-refractivity contribution in [3.63, 3.8) is 0 Å². The molecule has 0 fully saturated rings. The molecule has 0 aromatic heterocycles. The quantitative estimate of drug-likeness (QED) is 0.490. The Kier molecular flexibility index (Phi) is 6.99. The molecule has 0 bridgehead atoms. The number of nitrogens with one attached hydrogen (secondary N) is 2. The van der Waals surface area contributed by atoms with Crippen LogP contribution < -0.4 is 20.1 Å². The SMILES string of the molecule is CCOC(=O)C1(C)Cc2cc(Cl)cc(NC(=O)Nc3ccc(Cl)c4c3OC(C)(C(=O)OCC)C4)c2O1. The molecule has 2 atom stereocenters. The predicted molar refractivity (Wildman–Crippen MR) is 134 cm³/mol. The highest BCUT2D eigenvalue weighted by molar-refractivity contribution is 6.32. The Bertz CT molecular complexity index is 1250. The number of benzene rings is 2. The van der Waals surface area contributed by atoms with Crippen LogP contribution in [0.3, 0.4) is 0 Å². The van der Waals surface area contributed by atoms with Crippen molar-refractivity contribution in [1.82, 2.24) is 0 Å². The number of amides is 2. The summed E-state index contributed by atoms with van der Waals surface area (Å²) in [6, 6.07) is 5.78. The maximum atomic E-state index is 13.0. The highest BCUT2D eigenvalue weighted by Crippen LogP contribution is 2.46. The molecule has 2 N–H and O–H groups in total. The van der Waals surface area contributed by atoms with E-state index in [2.05, 4.69) is 10.6 Å². The van der Waals surface area contributed by atoms with Crippen molar-refractivity contribution in [3.05, 3.63) is 45.4 Å². The summed E-state index contributed by atoms with van der Waals surface area (Å²) in [5.41, 5.74) is -0.661. The second kappa shape index (κ2) is 9.71. The molecular formula is C25H26Cl2N2O7. The third kappa shape index (κ3) is 4.77. The van der Waals surface area contributed by atoms with Gasteiger partial charge in [-0.3, -0.25) is 0 Å². The number of hydrogen-bond donors (Lipinski definition) is 2. The van der Waals surface area contributed by atoms with Crippen LogP contribution in [-0.2, 0) is 31.9 Å². The molecule has 192 valence electrons. The fourth-order valence-electron chi connectivity index (χ4n) is 4.27. The minimum absolute atomic E-state index is 0.194. The molecule has 2 aromatic rings. The topological polar surface area (TPSA) is 112 Å². The van der Waals surface area contributed by atoms with E-state index < -0.39 is 29.2 Å². The van der Waals surface area contributed by atoms with Gasteiger partial charge in [0, 0.05) is 34.0 Å². The molecule has 0 spiro atoms. The zero-order chi connectivity index (χ0) is 26.3. The summed E-state index contributed by atoms with van der Waals surface area (Å²) in [5.74, 6) is -0.413. The molecule has 36 heavy (non-hydrogen) atoms. The van der Waals surface area contributed by atoms with Gasteiger partial charge in [-0.25, -0.2) is 14.4 Å². The first-order valence-electron chi connectivity index (χ1n) is 11.4. The number of rotatable bonds is 6. The number of anilines is 2. The zero-order valence-electron chi connectivity index (χ0n) is 20.3. The fraction of sp³-hybridized carbons (Fsp3) is 0.400. The number of fused-ring (bicyclic) bond motifs is 2. The highest BCUT2D eigenvalue weighted by Gasteiger charge is 2.46. The Morgan fingerprint density at radius 3 is 2.11 bits per heavy atom. The third-order valence-electron chi connectivity index (χ3n) is 5.94. The van der Waals surface area contributed by atoms with Gasteiger partial charge in [-0.15, -0.1) is 0 Å². The largest absolute Gasteiger partial charge is 0.473 e. The predicted octanol–water partition coefficient (Wildman–Crippen LogP) is 5.15. The molecule has 2 aromatic carbocycles. The Labute approximate surface area is 218 Å². The summed E-state index contributed by atoms with van der Waals surface area (Å²) >= 11 is 12.6. The maximum Gasteiger partial charge on any atom is 0.350 e. The summed E-state index contributed by atoms with van der Waals surface area (Å²) in [5, 5.41) is 6.21. The van der Waals surface area contributed by atoms with E-state index in [0.29, 0.717) is 32.6 Å². The Balaban J connectivity index is 1.55. The number of carbonyl (C=O) groups excluding carboxylic acids is 3. The summed E-state index contributed by atoms with van der Waals surface area (Å²) in [6.45, 7) is 7.07. The van der Waals surface area contributed by atoms with Crippen molar-refractivity contribution < 1.29 is 33.3 Å². The lowest BCUT2D eigenvalue weighted by molar-refractivity contribution is -0.159. The van der Waals surface area contributed by atoms with Gasteiger partial charge in [0.25, 0.3) is 0 Å². The van der Waals surface area contributed by atoms with E-state index in [-0.39, 0.29) is 37.5 Å². The molecule has 0 saturated heterocycles. The minimum Gasteiger partial charge on any atom is -0.473 e. The van der Waals surface area contributed by atoms with Crippen LogP contribution in [0.25, 0.3) is 0 Å². The van der Waals surface area contributed by atoms with E-state index in [1.165, 1.54) is 6.07 Å². The molecule has 2 amide bonds. The van der Waals surface area contributed by atoms with E-state index in [1.54, 1.807) is 45.9 Å². The lowest BCUT2D eigenvalue weighted by Crippen LogP contribution is -2.41. The van der Waals surface area contributed by atoms with Crippen molar-refractivity contribution >= 4 is 52.5 Å². The van der Waals surface area contributed by atoms with Gasteiger partial charge >= 0.3 is 18.0 Å². The van der Waals surface area contributed by atoms with E-state index >= 15 is 0 Å². The van der Waals surface area contributed by atoms with E-state index in [1.807, 2.05) is 0 Å². The van der Waals surface area contributed by atoms with Crippen molar-refractivity contribution in [2.75, 3.05) is 23.8 Å². The first kappa shape index (κ1) is 25.9. The first-order valence-corrected chi connectivity index (χ1v) is 12.2. The minimum atomic E-state index is -1.27. The van der Waals surface area contributed by atoms with Crippen molar-refractivity contribution in [2.45, 2.75) is 51.7 Å². The van der Waals surface area contributed by atoms with Crippen LogP contribution in [0.5, 0.6) is 11.5 Å². The number of urea groups is 1. The molecule has 0 saturated carbocycles. The van der Waals surface area contributed by atoms with Crippen molar-refractivity contribution in [3.8, 4) is 11.5 Å². The lowest BCUT2D eigenvalue weighted by Gasteiger charge is -2.22. The Morgan fingerprint density at radius 2 is 1.47 bits per heavy atom. The Morgan fingerprint density at radius 1 is 0.889 bits per heavy atom. The molecule has 2 unspecified atom stereocenters. The average Bonchev–Trinajstić information content (AvgIpc) is 3.35. The second-order valence-electron chi connectivity index (χ2n) is 8.88. The standard InChI is InChI=1S/C25H26Cl2N2O7/c1-5-33-21(30)24(3)11-13-9-14(26)10-18(19(13)35-24)29-23(32)28-17-8-7-16(27)15-12-25(4,36-20(15)17)22(31)34-6-2/h7-10H,5-6,11-12H2,1-4H3,(H2,28,29,32). The monoisotopic (exact) mass is 536 g/mol. The van der Waals surface area contributed by atoms with Crippen LogP contribution >= 0.6 is 23.2 Å². The van der Waals surface area contributed by atoms with Crippen LogP contribution in [0, 0.1) is 0 Å². The van der Waals surface area contributed by atoms with E-state index in [0.717, 1.165) is 0 Å². The number of carbonyl (C=O) groups is 3. The second-order valence-corrected chi connectivity index (χ2v) is 9.73. The number of esters is 2. The van der Waals surface area contributed by atoms with Crippen LogP contribution in [-0.4, -0.2) is 42.4 Å². The smallest absolute Gasteiger partial charge is 0.350 e. The van der Waals surface area contributed by atoms with Crippen LogP contribution in [0.4, 0.5) is 16.2 Å². The van der Waals surface area contributed by atoms with E-state index in [9.17, 15) is 14.4 Å². The normalized spacial score (nSPS) is 21.5. The van der Waals surface area contributed by atoms with Gasteiger partial charge in [0.1, 0.15) is 11.5 Å². The molecule has 2 aliphatic heterocycles. The average molecular weight is 537 g/mol. The molecule has 2 aliphatic rings. The maximum absolute atomic E-state index is 13.0. The molecule has 11 heteroatoms. The number of ether oxygens (including phenoxy) is 4. The highest BCUT2D eigenvalue weighted by atomic mass is 35.5. The first-order chi connectivity index (χ1) is 17.0. The van der Waals surface area contributed by atoms with Gasteiger partial charge in [-0.2, -0.15) is 0 Å².